The van der Waals surface area contributed by atoms with Crippen LogP contribution in [-0.2, 0) is 14.3 Å². The topological polar surface area (TPSA) is 58.6 Å². The number of amides is 2. The second-order valence-electron chi connectivity index (χ2n) is 5.94. The molecular formula is C15H28N2O3. The van der Waals surface area contributed by atoms with E-state index in [-0.39, 0.29) is 24.5 Å². The van der Waals surface area contributed by atoms with E-state index < -0.39 is 0 Å². The summed E-state index contributed by atoms with van der Waals surface area (Å²) in [5, 5.41) is 3.08. The zero-order valence-electron chi connectivity index (χ0n) is 13.0. The Morgan fingerprint density at radius 3 is 2.50 bits per heavy atom. The van der Waals surface area contributed by atoms with Gasteiger partial charge < -0.3 is 15.0 Å². The zero-order valence-corrected chi connectivity index (χ0v) is 13.0. The van der Waals surface area contributed by atoms with E-state index in [1.165, 1.54) is 7.11 Å². The second-order valence-corrected chi connectivity index (χ2v) is 5.94. The quantitative estimate of drug-likeness (QED) is 0.772. The van der Waals surface area contributed by atoms with Crippen molar-refractivity contribution < 1.29 is 14.3 Å². The van der Waals surface area contributed by atoms with Gasteiger partial charge >= 0.3 is 0 Å². The minimum atomic E-state index is 0.0363. The Morgan fingerprint density at radius 1 is 1.30 bits per heavy atom. The van der Waals surface area contributed by atoms with Gasteiger partial charge in [-0.3, -0.25) is 9.59 Å². The highest BCUT2D eigenvalue weighted by Gasteiger charge is 2.23. The molecule has 1 N–H and O–H groups in total. The molecule has 1 aliphatic rings. The first-order valence-electron chi connectivity index (χ1n) is 7.59. The molecule has 0 aromatic rings. The minimum Gasteiger partial charge on any atom is -0.375 e. The molecule has 5 heteroatoms. The van der Waals surface area contributed by atoms with Gasteiger partial charge in [-0.05, 0) is 25.2 Å². The summed E-state index contributed by atoms with van der Waals surface area (Å²) in [4.78, 5) is 25.3. The van der Waals surface area contributed by atoms with Gasteiger partial charge in [0.1, 0.15) is 6.61 Å². The fourth-order valence-electron chi connectivity index (χ4n) is 2.46. The molecule has 5 nitrogen and oxygen atoms in total. The highest BCUT2D eigenvalue weighted by atomic mass is 16.5. The molecule has 0 spiro atoms. The van der Waals surface area contributed by atoms with Crippen molar-refractivity contribution in [1.82, 2.24) is 10.2 Å². The Kier molecular flexibility index (Phi) is 7.59. The SMILES string of the molecule is COCC(=O)N1CCC(NC(=O)CCCC(C)C)CC1. The molecule has 0 radical (unpaired) electrons. The Labute approximate surface area is 122 Å². The van der Waals surface area contributed by atoms with Gasteiger partial charge in [0.2, 0.25) is 11.8 Å². The van der Waals surface area contributed by atoms with Crippen molar-refractivity contribution in [3.8, 4) is 0 Å². The largest absolute Gasteiger partial charge is 0.375 e. The number of ether oxygens (including phenoxy) is 1. The standard InChI is InChI=1S/C15H28N2O3/c1-12(2)5-4-6-14(18)16-13-7-9-17(10-8-13)15(19)11-20-3/h12-13H,4-11H2,1-3H3,(H,16,18). The van der Waals surface area contributed by atoms with Gasteiger partial charge in [0.05, 0.1) is 0 Å². The fraction of sp³-hybridized carbons (Fsp3) is 0.867. The van der Waals surface area contributed by atoms with Gasteiger partial charge in [0.25, 0.3) is 0 Å². The number of likely N-dealkylation sites (tertiary alicyclic amines) is 1. The lowest BCUT2D eigenvalue weighted by molar-refractivity contribution is -0.136. The molecule has 1 fully saturated rings. The molecule has 116 valence electrons. The van der Waals surface area contributed by atoms with Crippen LogP contribution < -0.4 is 5.32 Å². The highest BCUT2D eigenvalue weighted by molar-refractivity contribution is 5.78. The number of methoxy groups -OCH3 is 1. The smallest absolute Gasteiger partial charge is 0.248 e. The summed E-state index contributed by atoms with van der Waals surface area (Å²) in [7, 11) is 1.53. The van der Waals surface area contributed by atoms with E-state index in [0.717, 1.165) is 25.7 Å². The number of rotatable bonds is 7. The number of nitrogens with zero attached hydrogens (tertiary/aromatic N) is 1. The third kappa shape index (κ3) is 6.37. The van der Waals surface area contributed by atoms with Crippen molar-refractivity contribution in [2.24, 2.45) is 5.92 Å². The van der Waals surface area contributed by atoms with Gasteiger partial charge in [0.15, 0.2) is 0 Å². The molecule has 1 heterocycles. The lowest BCUT2D eigenvalue weighted by atomic mass is 10.0. The Hall–Kier alpha value is -1.10. The van der Waals surface area contributed by atoms with Crippen LogP contribution in [0, 0.1) is 5.92 Å². The van der Waals surface area contributed by atoms with Crippen molar-refractivity contribution in [1.29, 1.82) is 0 Å². The van der Waals surface area contributed by atoms with Crippen LogP contribution in [0.5, 0.6) is 0 Å². The molecule has 1 rings (SSSR count). The van der Waals surface area contributed by atoms with Gasteiger partial charge in [-0.1, -0.05) is 20.3 Å². The average Bonchev–Trinajstić information content (AvgIpc) is 2.39. The summed E-state index contributed by atoms with van der Waals surface area (Å²) < 4.78 is 4.85. The monoisotopic (exact) mass is 284 g/mol. The molecule has 0 aromatic carbocycles. The lowest BCUT2D eigenvalue weighted by Crippen LogP contribution is -2.47. The van der Waals surface area contributed by atoms with Crippen molar-refractivity contribution in [2.75, 3.05) is 26.8 Å². The third-order valence-electron chi connectivity index (χ3n) is 3.67. The van der Waals surface area contributed by atoms with Crippen LogP contribution in [0.25, 0.3) is 0 Å². The molecule has 0 aromatic heterocycles. The van der Waals surface area contributed by atoms with E-state index in [4.69, 9.17) is 4.74 Å². The van der Waals surface area contributed by atoms with Gasteiger partial charge in [-0.25, -0.2) is 0 Å². The molecule has 20 heavy (non-hydrogen) atoms. The number of piperidine rings is 1. The van der Waals surface area contributed by atoms with Crippen LogP contribution in [0.4, 0.5) is 0 Å². The van der Waals surface area contributed by atoms with Crippen molar-refractivity contribution in [3.05, 3.63) is 0 Å². The maximum atomic E-state index is 11.8. The molecular weight excluding hydrogens is 256 g/mol. The van der Waals surface area contributed by atoms with Crippen LogP contribution >= 0.6 is 0 Å². The number of hydrogen-bond donors (Lipinski definition) is 1. The lowest BCUT2D eigenvalue weighted by Gasteiger charge is -2.32. The normalized spacial score (nSPS) is 16.5. The Balaban J connectivity index is 2.18. The third-order valence-corrected chi connectivity index (χ3v) is 3.67. The van der Waals surface area contributed by atoms with Crippen LogP contribution in [-0.4, -0.2) is 49.6 Å². The van der Waals surface area contributed by atoms with Crippen LogP contribution in [0.2, 0.25) is 0 Å². The van der Waals surface area contributed by atoms with Crippen LogP contribution in [0.1, 0.15) is 46.0 Å². The predicted molar refractivity (Wildman–Crippen MR) is 78.3 cm³/mol. The number of hydrogen-bond acceptors (Lipinski definition) is 3. The molecule has 0 unspecified atom stereocenters. The van der Waals surface area contributed by atoms with Crippen LogP contribution in [0.15, 0.2) is 0 Å². The van der Waals surface area contributed by atoms with Crippen LogP contribution in [0.3, 0.4) is 0 Å². The van der Waals surface area contributed by atoms with E-state index in [9.17, 15) is 9.59 Å². The Morgan fingerprint density at radius 2 is 1.95 bits per heavy atom. The fourth-order valence-corrected chi connectivity index (χ4v) is 2.46. The minimum absolute atomic E-state index is 0.0363. The first-order valence-corrected chi connectivity index (χ1v) is 7.59. The zero-order chi connectivity index (χ0) is 15.0. The predicted octanol–water partition coefficient (Wildman–Crippen LogP) is 1.57. The summed E-state index contributed by atoms with van der Waals surface area (Å²) in [6.45, 7) is 5.90. The average molecular weight is 284 g/mol. The molecule has 1 saturated heterocycles. The van der Waals surface area contributed by atoms with Crippen molar-refractivity contribution in [2.45, 2.75) is 52.0 Å². The van der Waals surface area contributed by atoms with Crippen molar-refractivity contribution >= 4 is 11.8 Å². The maximum absolute atomic E-state index is 11.8. The molecule has 0 atom stereocenters. The summed E-state index contributed by atoms with van der Waals surface area (Å²) in [6.07, 6.45) is 4.34. The first kappa shape index (κ1) is 17.0. The van der Waals surface area contributed by atoms with Gasteiger partial charge in [-0.15, -0.1) is 0 Å². The van der Waals surface area contributed by atoms with E-state index in [1.54, 1.807) is 0 Å². The highest BCUT2D eigenvalue weighted by Crippen LogP contribution is 2.12. The molecule has 0 bridgehead atoms. The summed E-state index contributed by atoms with van der Waals surface area (Å²) >= 11 is 0. The van der Waals surface area contributed by atoms with Gasteiger partial charge in [-0.2, -0.15) is 0 Å². The van der Waals surface area contributed by atoms with E-state index in [0.29, 0.717) is 25.4 Å². The van der Waals surface area contributed by atoms with E-state index in [2.05, 4.69) is 19.2 Å². The molecule has 2 amide bonds. The van der Waals surface area contributed by atoms with E-state index >= 15 is 0 Å². The molecule has 1 aliphatic heterocycles. The Bertz CT molecular complexity index is 310. The van der Waals surface area contributed by atoms with Gasteiger partial charge in [0, 0.05) is 32.7 Å². The molecule has 0 aliphatic carbocycles. The number of carbonyl (C=O) groups is 2. The first-order chi connectivity index (χ1) is 9.52. The summed E-state index contributed by atoms with van der Waals surface area (Å²) in [6, 6.07) is 0.216. The van der Waals surface area contributed by atoms with Crippen molar-refractivity contribution in [3.63, 3.8) is 0 Å². The maximum Gasteiger partial charge on any atom is 0.248 e. The summed E-state index contributed by atoms with van der Waals surface area (Å²) in [5.74, 6) is 0.833. The molecule has 0 saturated carbocycles. The number of nitrogens with one attached hydrogen (secondary N) is 1. The van der Waals surface area contributed by atoms with E-state index in [1.807, 2.05) is 4.90 Å². The second kappa shape index (κ2) is 8.95. The number of carbonyl (C=O) groups excluding carboxylic acids is 2. The summed E-state index contributed by atoms with van der Waals surface area (Å²) in [5.41, 5.74) is 0.